The normalized spacial score (nSPS) is 11.6. The summed E-state index contributed by atoms with van der Waals surface area (Å²) in [5.74, 6) is -1.14. The van der Waals surface area contributed by atoms with Crippen molar-refractivity contribution in [3.8, 4) is 0 Å². The molecule has 0 aliphatic carbocycles. The van der Waals surface area contributed by atoms with Crippen molar-refractivity contribution in [2.45, 2.75) is 10.8 Å². The molecule has 0 unspecified atom stereocenters. The van der Waals surface area contributed by atoms with Gasteiger partial charge in [0, 0.05) is 18.3 Å². The maximum absolute atomic E-state index is 11.8. The molecular formula is C9H9N3O4S2. The summed E-state index contributed by atoms with van der Waals surface area (Å²) < 4.78 is 26.0. The molecule has 7 nitrogen and oxygen atoms in total. The number of carboxylic acids is 1. The molecular weight excluding hydrogens is 278 g/mol. The smallest absolute Gasteiger partial charge is 0.345 e. The molecule has 0 saturated carbocycles. The fourth-order valence-electron chi connectivity index (χ4n) is 1.20. The number of hydrogen-bond donors (Lipinski definition) is 3. The van der Waals surface area contributed by atoms with Crippen LogP contribution < -0.4 is 4.72 Å². The Morgan fingerprint density at radius 2 is 2.28 bits per heavy atom. The highest BCUT2D eigenvalue weighted by Gasteiger charge is 2.18. The van der Waals surface area contributed by atoms with Crippen LogP contribution >= 0.6 is 11.3 Å². The predicted octanol–water partition coefficient (Wildman–Crippen LogP) is 0.648. The first kappa shape index (κ1) is 12.7. The minimum absolute atomic E-state index is 0.0151. The van der Waals surface area contributed by atoms with Crippen LogP contribution in [0, 0.1) is 0 Å². The second-order valence-electron chi connectivity index (χ2n) is 3.35. The molecule has 0 radical (unpaired) electrons. The Morgan fingerprint density at radius 3 is 2.83 bits per heavy atom. The molecule has 96 valence electrons. The molecule has 2 aromatic heterocycles. The molecule has 2 rings (SSSR count). The number of carbonyl (C=O) groups is 1. The zero-order valence-corrected chi connectivity index (χ0v) is 10.6. The molecule has 0 saturated heterocycles. The van der Waals surface area contributed by atoms with Crippen molar-refractivity contribution in [1.82, 2.24) is 14.9 Å². The van der Waals surface area contributed by atoms with E-state index in [-0.39, 0.29) is 15.6 Å². The maximum atomic E-state index is 11.8. The molecule has 0 aliphatic heterocycles. The van der Waals surface area contributed by atoms with Crippen LogP contribution in [-0.2, 0) is 16.6 Å². The molecule has 0 atom stereocenters. The molecule has 0 aromatic carbocycles. The monoisotopic (exact) mass is 287 g/mol. The van der Waals surface area contributed by atoms with E-state index in [0.717, 1.165) is 0 Å². The Bertz CT molecular complexity index is 645. The van der Waals surface area contributed by atoms with Crippen LogP contribution in [0.2, 0.25) is 0 Å². The SMILES string of the molecule is O=C(O)c1ccc(S(=O)(=O)NCc2cn[nH]c2)s1. The van der Waals surface area contributed by atoms with Gasteiger partial charge in [-0.2, -0.15) is 5.10 Å². The highest BCUT2D eigenvalue weighted by atomic mass is 32.2. The van der Waals surface area contributed by atoms with Gasteiger partial charge in [0.2, 0.25) is 10.0 Å². The zero-order valence-electron chi connectivity index (χ0n) is 8.95. The van der Waals surface area contributed by atoms with Crippen LogP contribution in [0.5, 0.6) is 0 Å². The maximum Gasteiger partial charge on any atom is 0.345 e. The molecule has 0 aliphatic rings. The Balaban J connectivity index is 2.12. The number of aromatic amines is 1. The summed E-state index contributed by atoms with van der Waals surface area (Å²) in [5, 5.41) is 15.0. The van der Waals surface area contributed by atoms with Gasteiger partial charge in [0.15, 0.2) is 0 Å². The summed E-state index contributed by atoms with van der Waals surface area (Å²) in [6.07, 6.45) is 3.07. The van der Waals surface area contributed by atoms with Gasteiger partial charge in [-0.15, -0.1) is 11.3 Å². The van der Waals surface area contributed by atoms with Gasteiger partial charge >= 0.3 is 5.97 Å². The van der Waals surface area contributed by atoms with Crippen molar-refractivity contribution in [2.75, 3.05) is 0 Å². The second kappa shape index (κ2) is 4.88. The van der Waals surface area contributed by atoms with Crippen LogP contribution in [0.15, 0.2) is 28.7 Å². The summed E-state index contributed by atoms with van der Waals surface area (Å²) in [5.41, 5.74) is 0.689. The molecule has 0 spiro atoms. The minimum atomic E-state index is -3.69. The number of nitrogens with one attached hydrogen (secondary N) is 2. The number of nitrogens with zero attached hydrogens (tertiary/aromatic N) is 1. The molecule has 9 heteroatoms. The van der Waals surface area contributed by atoms with Gasteiger partial charge in [-0.25, -0.2) is 17.9 Å². The lowest BCUT2D eigenvalue weighted by atomic mass is 10.4. The van der Waals surface area contributed by atoms with E-state index >= 15 is 0 Å². The van der Waals surface area contributed by atoms with E-state index in [9.17, 15) is 13.2 Å². The molecule has 2 aromatic rings. The largest absolute Gasteiger partial charge is 0.477 e. The highest BCUT2D eigenvalue weighted by molar-refractivity contribution is 7.91. The minimum Gasteiger partial charge on any atom is -0.477 e. The number of sulfonamides is 1. The van der Waals surface area contributed by atoms with Crippen LogP contribution in [0.4, 0.5) is 0 Å². The van der Waals surface area contributed by atoms with E-state index in [1.54, 1.807) is 6.20 Å². The Labute approximate surface area is 107 Å². The first-order valence-electron chi connectivity index (χ1n) is 4.79. The highest BCUT2D eigenvalue weighted by Crippen LogP contribution is 2.21. The van der Waals surface area contributed by atoms with Crippen LogP contribution in [0.3, 0.4) is 0 Å². The standard InChI is InChI=1S/C9H9N3O4S2/c13-9(14)7-1-2-8(17-7)18(15,16)12-5-6-3-10-11-4-6/h1-4,12H,5H2,(H,10,11)(H,13,14). The average Bonchev–Trinajstić information content (AvgIpc) is 2.98. The van der Waals surface area contributed by atoms with Gasteiger partial charge in [0.25, 0.3) is 0 Å². The van der Waals surface area contributed by atoms with E-state index in [1.807, 2.05) is 0 Å². The molecule has 2 heterocycles. The van der Waals surface area contributed by atoms with Crippen LogP contribution in [-0.4, -0.2) is 29.7 Å². The lowest BCUT2D eigenvalue weighted by Gasteiger charge is -2.02. The number of aromatic carboxylic acids is 1. The van der Waals surface area contributed by atoms with Gasteiger partial charge in [0.1, 0.15) is 9.09 Å². The van der Waals surface area contributed by atoms with Gasteiger partial charge in [-0.3, -0.25) is 5.10 Å². The van der Waals surface area contributed by atoms with Gasteiger partial charge < -0.3 is 5.11 Å². The van der Waals surface area contributed by atoms with Crippen molar-refractivity contribution < 1.29 is 18.3 Å². The Morgan fingerprint density at radius 1 is 1.50 bits per heavy atom. The number of carboxylic acid groups (broad SMARTS) is 1. The van der Waals surface area contributed by atoms with Crippen LogP contribution in [0.1, 0.15) is 15.2 Å². The third kappa shape index (κ3) is 2.75. The Kier molecular flexibility index (Phi) is 3.45. The number of aromatic nitrogens is 2. The van der Waals surface area contributed by atoms with E-state index in [4.69, 9.17) is 5.11 Å². The molecule has 0 bridgehead atoms. The quantitative estimate of drug-likeness (QED) is 0.747. The van der Waals surface area contributed by atoms with Crippen LogP contribution in [0.25, 0.3) is 0 Å². The summed E-state index contributed by atoms with van der Waals surface area (Å²) in [7, 11) is -3.69. The number of rotatable bonds is 5. The zero-order chi connectivity index (χ0) is 13.2. The summed E-state index contributed by atoms with van der Waals surface area (Å²) in [6, 6.07) is 2.53. The van der Waals surface area contributed by atoms with Gasteiger partial charge in [-0.1, -0.05) is 0 Å². The van der Waals surface area contributed by atoms with Crippen molar-refractivity contribution in [3.05, 3.63) is 35.0 Å². The molecule has 0 amide bonds. The lowest BCUT2D eigenvalue weighted by molar-refractivity contribution is 0.0702. The third-order valence-corrected chi connectivity index (χ3v) is 5.04. The second-order valence-corrected chi connectivity index (χ2v) is 6.43. The predicted molar refractivity (Wildman–Crippen MR) is 63.9 cm³/mol. The van der Waals surface area contributed by atoms with Crippen molar-refractivity contribution in [3.63, 3.8) is 0 Å². The molecule has 3 N–H and O–H groups in total. The Hall–Kier alpha value is -1.71. The molecule has 18 heavy (non-hydrogen) atoms. The first-order valence-corrected chi connectivity index (χ1v) is 7.09. The number of thiophene rings is 1. The van der Waals surface area contributed by atoms with E-state index in [1.165, 1.54) is 18.3 Å². The average molecular weight is 287 g/mol. The first-order chi connectivity index (χ1) is 8.49. The lowest BCUT2D eigenvalue weighted by Crippen LogP contribution is -2.22. The van der Waals surface area contributed by atoms with Crippen molar-refractivity contribution in [2.24, 2.45) is 0 Å². The summed E-state index contributed by atoms with van der Waals surface area (Å²) in [4.78, 5) is 10.7. The van der Waals surface area contributed by atoms with E-state index < -0.39 is 16.0 Å². The number of hydrogen-bond acceptors (Lipinski definition) is 5. The summed E-state index contributed by atoms with van der Waals surface area (Å²) in [6.45, 7) is 0.0964. The van der Waals surface area contributed by atoms with E-state index in [2.05, 4.69) is 14.9 Å². The number of H-pyrrole nitrogens is 1. The third-order valence-electron chi connectivity index (χ3n) is 2.08. The summed E-state index contributed by atoms with van der Waals surface area (Å²) >= 11 is 0.712. The molecule has 0 fully saturated rings. The topological polar surface area (TPSA) is 112 Å². The van der Waals surface area contributed by atoms with E-state index in [0.29, 0.717) is 16.9 Å². The van der Waals surface area contributed by atoms with Gasteiger partial charge in [0.05, 0.1) is 6.20 Å². The van der Waals surface area contributed by atoms with Gasteiger partial charge in [-0.05, 0) is 12.1 Å². The van der Waals surface area contributed by atoms with Crippen molar-refractivity contribution >= 4 is 27.3 Å². The fourth-order valence-corrected chi connectivity index (χ4v) is 3.41. The van der Waals surface area contributed by atoms with Crippen molar-refractivity contribution in [1.29, 1.82) is 0 Å². The fraction of sp³-hybridized carbons (Fsp3) is 0.111.